The van der Waals surface area contributed by atoms with E-state index < -0.39 is 0 Å². The molecule has 1 aliphatic rings. The zero-order valence-corrected chi connectivity index (χ0v) is 13.8. The van der Waals surface area contributed by atoms with Gasteiger partial charge in [0.25, 0.3) is 5.91 Å². The number of aromatic nitrogens is 1. The van der Waals surface area contributed by atoms with Gasteiger partial charge in [0.15, 0.2) is 17.8 Å². The van der Waals surface area contributed by atoms with Crippen molar-refractivity contribution in [3.8, 4) is 11.3 Å². The first-order valence-corrected chi connectivity index (χ1v) is 6.70. The largest absolute Gasteiger partial charge is 0.443 e. The Labute approximate surface area is 141 Å². The molecule has 0 aliphatic carbocycles. The number of rotatable bonds is 2. The minimum absolute atomic E-state index is 0. The SMILES string of the molecule is Cc1ccc(-c2ocnc2C(=O)N2CC[C@@H](N)C2)cc1.Cl.Cl. The Hall–Kier alpha value is -1.56. The second-order valence-corrected chi connectivity index (χ2v) is 5.20. The first-order valence-electron chi connectivity index (χ1n) is 6.70. The van der Waals surface area contributed by atoms with Crippen LogP contribution >= 0.6 is 24.8 Å². The summed E-state index contributed by atoms with van der Waals surface area (Å²) in [5.74, 6) is 0.415. The third-order valence-electron chi connectivity index (χ3n) is 3.60. The van der Waals surface area contributed by atoms with Crippen LogP contribution in [0.15, 0.2) is 35.1 Å². The molecule has 2 heterocycles. The molecule has 1 amide bonds. The molecule has 3 rings (SSSR count). The van der Waals surface area contributed by atoms with Gasteiger partial charge in [0.05, 0.1) is 0 Å². The van der Waals surface area contributed by atoms with Crippen LogP contribution in [0.25, 0.3) is 11.3 Å². The maximum absolute atomic E-state index is 12.5. The molecule has 0 unspecified atom stereocenters. The van der Waals surface area contributed by atoms with Crippen LogP contribution in [-0.4, -0.2) is 34.9 Å². The number of hydrogen-bond acceptors (Lipinski definition) is 4. The highest BCUT2D eigenvalue weighted by Gasteiger charge is 2.28. The average Bonchev–Trinajstić information content (AvgIpc) is 3.07. The lowest BCUT2D eigenvalue weighted by Crippen LogP contribution is -2.32. The topological polar surface area (TPSA) is 72.4 Å². The van der Waals surface area contributed by atoms with Crippen molar-refractivity contribution in [1.29, 1.82) is 0 Å². The molecular formula is C15H19Cl2N3O2. The second-order valence-electron chi connectivity index (χ2n) is 5.20. The maximum atomic E-state index is 12.5. The Bertz CT molecular complexity index is 628. The number of carbonyl (C=O) groups is 1. The first kappa shape index (κ1) is 18.5. The lowest BCUT2D eigenvalue weighted by atomic mass is 10.1. The smallest absolute Gasteiger partial charge is 0.276 e. The van der Waals surface area contributed by atoms with Gasteiger partial charge in [-0.05, 0) is 13.3 Å². The number of oxazole rings is 1. The number of carbonyl (C=O) groups excluding carboxylic acids is 1. The van der Waals surface area contributed by atoms with Crippen LogP contribution in [0.1, 0.15) is 22.5 Å². The van der Waals surface area contributed by atoms with E-state index in [0.717, 1.165) is 17.5 Å². The Kier molecular flexibility index (Phi) is 6.41. The predicted molar refractivity (Wildman–Crippen MR) is 89.7 cm³/mol. The van der Waals surface area contributed by atoms with Crippen molar-refractivity contribution in [2.45, 2.75) is 19.4 Å². The lowest BCUT2D eigenvalue weighted by Gasteiger charge is -2.14. The summed E-state index contributed by atoms with van der Waals surface area (Å²) in [6.45, 7) is 3.28. The summed E-state index contributed by atoms with van der Waals surface area (Å²) in [7, 11) is 0. The quantitative estimate of drug-likeness (QED) is 0.909. The van der Waals surface area contributed by atoms with E-state index in [1.807, 2.05) is 31.2 Å². The number of amides is 1. The molecule has 1 fully saturated rings. The highest BCUT2D eigenvalue weighted by molar-refractivity contribution is 5.97. The van der Waals surface area contributed by atoms with Crippen molar-refractivity contribution in [1.82, 2.24) is 9.88 Å². The van der Waals surface area contributed by atoms with E-state index in [1.54, 1.807) is 4.90 Å². The fraction of sp³-hybridized carbons (Fsp3) is 0.333. The van der Waals surface area contributed by atoms with Crippen molar-refractivity contribution >= 4 is 30.7 Å². The van der Waals surface area contributed by atoms with Gasteiger partial charge in [0.2, 0.25) is 0 Å². The van der Waals surface area contributed by atoms with E-state index in [0.29, 0.717) is 24.5 Å². The normalized spacial score (nSPS) is 16.8. The summed E-state index contributed by atoms with van der Waals surface area (Å²) in [6, 6.07) is 7.90. The maximum Gasteiger partial charge on any atom is 0.276 e. The molecule has 1 atom stereocenters. The monoisotopic (exact) mass is 343 g/mol. The summed E-state index contributed by atoms with van der Waals surface area (Å²) >= 11 is 0. The zero-order chi connectivity index (χ0) is 14.1. The Morgan fingerprint density at radius 3 is 2.59 bits per heavy atom. The Morgan fingerprint density at radius 1 is 1.32 bits per heavy atom. The first-order chi connectivity index (χ1) is 9.65. The molecular weight excluding hydrogens is 325 g/mol. The fourth-order valence-electron chi connectivity index (χ4n) is 2.43. The van der Waals surface area contributed by atoms with Crippen LogP contribution in [0.5, 0.6) is 0 Å². The summed E-state index contributed by atoms with van der Waals surface area (Å²) in [4.78, 5) is 18.3. The highest BCUT2D eigenvalue weighted by Crippen LogP contribution is 2.25. The minimum Gasteiger partial charge on any atom is -0.443 e. The molecule has 1 aromatic carbocycles. The van der Waals surface area contributed by atoms with Gasteiger partial charge in [-0.25, -0.2) is 4.98 Å². The fourth-order valence-corrected chi connectivity index (χ4v) is 2.43. The van der Waals surface area contributed by atoms with Gasteiger partial charge in [-0.3, -0.25) is 4.79 Å². The molecule has 7 heteroatoms. The van der Waals surface area contributed by atoms with Crippen LogP contribution < -0.4 is 5.73 Å². The molecule has 2 aromatic rings. The van der Waals surface area contributed by atoms with E-state index >= 15 is 0 Å². The van der Waals surface area contributed by atoms with Gasteiger partial charge in [-0.1, -0.05) is 29.8 Å². The lowest BCUT2D eigenvalue weighted by molar-refractivity contribution is 0.0786. The number of nitrogens with two attached hydrogens (primary N) is 1. The number of hydrogen-bond donors (Lipinski definition) is 1. The van der Waals surface area contributed by atoms with E-state index in [2.05, 4.69) is 4.98 Å². The van der Waals surface area contributed by atoms with Crippen LogP contribution in [0.4, 0.5) is 0 Å². The molecule has 22 heavy (non-hydrogen) atoms. The van der Waals surface area contributed by atoms with Crippen LogP contribution in [-0.2, 0) is 0 Å². The van der Waals surface area contributed by atoms with Gasteiger partial charge in [0.1, 0.15) is 0 Å². The Balaban J connectivity index is 0.00000121. The van der Waals surface area contributed by atoms with Crippen molar-refractivity contribution < 1.29 is 9.21 Å². The molecule has 1 aliphatic heterocycles. The summed E-state index contributed by atoms with van der Waals surface area (Å²) < 4.78 is 5.41. The van der Waals surface area contributed by atoms with Gasteiger partial charge >= 0.3 is 0 Å². The van der Waals surface area contributed by atoms with Crippen molar-refractivity contribution in [3.05, 3.63) is 41.9 Å². The van der Waals surface area contributed by atoms with E-state index in [1.165, 1.54) is 6.39 Å². The molecule has 0 radical (unpaired) electrons. The number of halogens is 2. The third kappa shape index (κ3) is 3.61. The minimum atomic E-state index is -0.109. The summed E-state index contributed by atoms with van der Waals surface area (Å²) in [6.07, 6.45) is 2.15. The van der Waals surface area contributed by atoms with Crippen molar-refractivity contribution in [3.63, 3.8) is 0 Å². The highest BCUT2D eigenvalue weighted by atomic mass is 35.5. The van der Waals surface area contributed by atoms with Gasteiger partial charge < -0.3 is 15.1 Å². The van der Waals surface area contributed by atoms with E-state index in [-0.39, 0.29) is 36.8 Å². The summed E-state index contributed by atoms with van der Waals surface area (Å²) in [5.41, 5.74) is 8.23. The Morgan fingerprint density at radius 2 is 2.00 bits per heavy atom. The molecule has 1 aromatic heterocycles. The van der Waals surface area contributed by atoms with Gasteiger partial charge in [0, 0.05) is 24.7 Å². The molecule has 120 valence electrons. The number of likely N-dealkylation sites (tertiary alicyclic amines) is 1. The molecule has 2 N–H and O–H groups in total. The molecule has 5 nitrogen and oxygen atoms in total. The zero-order valence-electron chi connectivity index (χ0n) is 12.2. The average molecular weight is 344 g/mol. The van der Waals surface area contributed by atoms with Crippen molar-refractivity contribution in [2.24, 2.45) is 5.73 Å². The standard InChI is InChI=1S/C15H17N3O2.2ClH/c1-10-2-4-11(5-3-10)14-13(17-9-20-14)15(19)18-7-6-12(16)8-18;;/h2-5,9,12H,6-8,16H2,1H3;2*1H/t12-;;/m1../s1. The molecule has 0 saturated carbocycles. The molecule has 0 bridgehead atoms. The number of benzene rings is 1. The van der Waals surface area contributed by atoms with E-state index in [4.69, 9.17) is 10.2 Å². The molecule has 0 spiro atoms. The predicted octanol–water partition coefficient (Wildman–Crippen LogP) is 2.67. The van der Waals surface area contributed by atoms with Gasteiger partial charge in [-0.2, -0.15) is 0 Å². The van der Waals surface area contributed by atoms with Crippen LogP contribution in [0.2, 0.25) is 0 Å². The van der Waals surface area contributed by atoms with Gasteiger partial charge in [-0.15, -0.1) is 24.8 Å². The third-order valence-corrected chi connectivity index (χ3v) is 3.60. The van der Waals surface area contributed by atoms with E-state index in [9.17, 15) is 4.79 Å². The summed E-state index contributed by atoms with van der Waals surface area (Å²) in [5, 5.41) is 0. The number of aryl methyl sites for hydroxylation is 1. The van der Waals surface area contributed by atoms with Crippen LogP contribution in [0, 0.1) is 6.92 Å². The molecule has 1 saturated heterocycles. The second kappa shape index (κ2) is 7.63. The van der Waals surface area contributed by atoms with Crippen LogP contribution in [0.3, 0.4) is 0 Å². The number of nitrogens with zero attached hydrogens (tertiary/aromatic N) is 2. The van der Waals surface area contributed by atoms with Crippen molar-refractivity contribution in [2.75, 3.05) is 13.1 Å².